The molecule has 1 aromatic carbocycles. The van der Waals surface area contributed by atoms with Gasteiger partial charge in [-0.2, -0.15) is 0 Å². The first kappa shape index (κ1) is 28.9. The zero-order valence-corrected chi connectivity index (χ0v) is 25.8. The fraction of sp³-hybridized carbons (Fsp3) is 0.485. The van der Waals surface area contributed by atoms with Crippen molar-refractivity contribution >= 4 is 23.3 Å². The molecule has 0 saturated heterocycles. The quantitative estimate of drug-likeness (QED) is 0.252. The Labute approximate surface area is 252 Å². The van der Waals surface area contributed by atoms with Crippen LogP contribution in [0.25, 0.3) is 5.65 Å². The van der Waals surface area contributed by atoms with Gasteiger partial charge in [0.2, 0.25) is 0 Å². The van der Waals surface area contributed by atoms with E-state index in [0.29, 0.717) is 22.8 Å². The molecule has 2 aliphatic carbocycles. The number of nitrogens with zero attached hydrogens (tertiary/aromatic N) is 5. The summed E-state index contributed by atoms with van der Waals surface area (Å²) in [7, 11) is 0. The van der Waals surface area contributed by atoms with Crippen LogP contribution in [0.5, 0.6) is 0 Å². The number of hydrogen-bond donors (Lipinski definition) is 2. The van der Waals surface area contributed by atoms with E-state index in [-0.39, 0.29) is 22.3 Å². The van der Waals surface area contributed by atoms with Crippen LogP contribution >= 0.6 is 0 Å². The molecule has 43 heavy (non-hydrogen) atoms. The van der Waals surface area contributed by atoms with Crippen molar-refractivity contribution in [2.45, 2.75) is 90.8 Å². The summed E-state index contributed by atoms with van der Waals surface area (Å²) in [5.74, 6) is 1.27. The molecule has 2 amide bonds. The average molecular weight is 584 g/mol. The Hall–Kier alpha value is -4.21. The molecular weight excluding hydrogens is 542 g/mol. The van der Waals surface area contributed by atoms with Gasteiger partial charge >= 0.3 is 6.09 Å². The first-order valence-corrected chi connectivity index (χ1v) is 15.2. The van der Waals surface area contributed by atoms with Gasteiger partial charge in [0.15, 0.2) is 0 Å². The van der Waals surface area contributed by atoms with Gasteiger partial charge < -0.3 is 24.3 Å². The van der Waals surface area contributed by atoms with Crippen molar-refractivity contribution in [3.63, 3.8) is 0 Å². The van der Waals surface area contributed by atoms with Gasteiger partial charge in [0, 0.05) is 30.8 Å². The Balaban J connectivity index is 1.31. The molecule has 0 spiro atoms. The number of benzene rings is 1. The maximum atomic E-state index is 13.9. The highest BCUT2D eigenvalue weighted by molar-refractivity contribution is 6.08. The number of imidazole rings is 1. The van der Waals surface area contributed by atoms with Crippen LogP contribution < -0.4 is 10.6 Å². The maximum absolute atomic E-state index is 13.9. The smallest absolute Gasteiger partial charge is 0.408 e. The molecule has 1 atom stereocenters. The van der Waals surface area contributed by atoms with E-state index in [1.54, 1.807) is 12.5 Å². The number of carbonyl (C=O) groups is 2. The van der Waals surface area contributed by atoms with Crippen molar-refractivity contribution in [1.82, 2.24) is 29.5 Å². The summed E-state index contributed by atoms with van der Waals surface area (Å²) in [6.45, 7) is 13.2. The predicted octanol–water partition coefficient (Wildman–Crippen LogP) is 6.28. The lowest BCUT2D eigenvalue weighted by atomic mass is 9.58. The van der Waals surface area contributed by atoms with Crippen molar-refractivity contribution in [2.24, 2.45) is 11.3 Å². The van der Waals surface area contributed by atoms with Crippen LogP contribution in [0.3, 0.4) is 0 Å². The molecule has 3 aromatic heterocycles. The Morgan fingerprint density at radius 2 is 1.95 bits per heavy atom. The Morgan fingerprint density at radius 3 is 2.63 bits per heavy atom. The lowest BCUT2D eigenvalue weighted by molar-refractivity contribution is 0.0840. The van der Waals surface area contributed by atoms with Gasteiger partial charge in [0.05, 0.1) is 17.0 Å². The molecule has 2 aliphatic rings. The van der Waals surface area contributed by atoms with Crippen LogP contribution in [-0.4, -0.2) is 41.8 Å². The molecule has 4 aromatic rings. The summed E-state index contributed by atoms with van der Waals surface area (Å²) in [5, 5.41) is 14.9. The van der Waals surface area contributed by atoms with E-state index in [1.165, 1.54) is 0 Å². The van der Waals surface area contributed by atoms with Crippen LogP contribution in [0.1, 0.15) is 101 Å². The lowest BCUT2D eigenvalue weighted by Crippen LogP contribution is -2.43. The third kappa shape index (κ3) is 5.50. The first-order chi connectivity index (χ1) is 20.4. The molecule has 2 fully saturated rings. The predicted molar refractivity (Wildman–Crippen MR) is 164 cm³/mol. The van der Waals surface area contributed by atoms with Crippen molar-refractivity contribution in [3.8, 4) is 0 Å². The summed E-state index contributed by atoms with van der Waals surface area (Å²) in [6, 6.07) is 9.48. The highest BCUT2D eigenvalue weighted by atomic mass is 16.6. The van der Waals surface area contributed by atoms with Crippen molar-refractivity contribution < 1.29 is 14.3 Å². The number of aromatic nitrogens is 5. The SMILES string of the molecule is CCn1cnnc1C1(c2cccc(NC(=O)c3cc(C(NC(=O)OC4(C)CC4)C(C)(C)C)cn4ccnc34)c2)CC(C)C1. The molecule has 10 heteroatoms. The fourth-order valence-corrected chi connectivity index (χ4v) is 6.46. The highest BCUT2D eigenvalue weighted by Crippen LogP contribution is 2.52. The topological polar surface area (TPSA) is 115 Å². The lowest BCUT2D eigenvalue weighted by Gasteiger charge is -2.46. The van der Waals surface area contributed by atoms with Gasteiger partial charge in [-0.05, 0) is 80.2 Å². The van der Waals surface area contributed by atoms with Crippen LogP contribution in [-0.2, 0) is 16.7 Å². The minimum Gasteiger partial charge on any atom is -0.443 e. The first-order valence-electron chi connectivity index (χ1n) is 15.2. The number of hydrogen-bond acceptors (Lipinski definition) is 6. The number of ether oxygens (including phenoxy) is 1. The monoisotopic (exact) mass is 583 g/mol. The van der Waals surface area contributed by atoms with Crippen LogP contribution in [0.15, 0.2) is 55.2 Å². The minimum atomic E-state index is -0.452. The molecule has 0 bridgehead atoms. The normalized spacial score (nSPS) is 21.6. The molecule has 10 nitrogen and oxygen atoms in total. The van der Waals surface area contributed by atoms with E-state index in [2.05, 4.69) is 77.1 Å². The van der Waals surface area contributed by atoms with Crippen LogP contribution in [0.2, 0.25) is 0 Å². The molecule has 0 radical (unpaired) electrons. The zero-order chi connectivity index (χ0) is 30.6. The van der Waals surface area contributed by atoms with E-state index < -0.39 is 12.1 Å². The molecule has 1 unspecified atom stereocenters. The van der Waals surface area contributed by atoms with E-state index in [0.717, 1.165) is 49.2 Å². The number of fused-ring (bicyclic) bond motifs is 1. The Kier molecular flexibility index (Phi) is 7.06. The Bertz CT molecular complexity index is 1670. The van der Waals surface area contributed by atoms with Crippen LogP contribution in [0.4, 0.5) is 10.5 Å². The molecule has 0 aliphatic heterocycles. The molecule has 2 N–H and O–H groups in total. The van der Waals surface area contributed by atoms with Gasteiger partial charge in [0.1, 0.15) is 23.4 Å². The minimum absolute atomic E-state index is 0.235. The van der Waals surface area contributed by atoms with Crippen molar-refractivity contribution in [2.75, 3.05) is 5.32 Å². The average Bonchev–Trinajstić information content (AvgIpc) is 3.30. The molecular formula is C33H41N7O3. The second-order valence-corrected chi connectivity index (χ2v) is 13.7. The summed E-state index contributed by atoms with van der Waals surface area (Å²) < 4.78 is 9.61. The number of aryl methyl sites for hydroxylation is 1. The van der Waals surface area contributed by atoms with Crippen LogP contribution in [0, 0.1) is 11.3 Å². The van der Waals surface area contributed by atoms with E-state index in [4.69, 9.17) is 4.74 Å². The number of alkyl carbamates (subject to hydrolysis) is 1. The maximum Gasteiger partial charge on any atom is 0.408 e. The molecule has 3 heterocycles. The summed E-state index contributed by atoms with van der Waals surface area (Å²) in [5.41, 5.74) is 2.59. The molecule has 2 saturated carbocycles. The number of nitrogens with one attached hydrogen (secondary N) is 2. The Morgan fingerprint density at radius 1 is 1.19 bits per heavy atom. The van der Waals surface area contributed by atoms with Gasteiger partial charge in [-0.1, -0.05) is 39.8 Å². The van der Waals surface area contributed by atoms with Gasteiger partial charge in [-0.3, -0.25) is 4.79 Å². The summed E-state index contributed by atoms with van der Waals surface area (Å²) >= 11 is 0. The van der Waals surface area contributed by atoms with Gasteiger partial charge in [0.25, 0.3) is 5.91 Å². The largest absolute Gasteiger partial charge is 0.443 e. The third-order valence-corrected chi connectivity index (χ3v) is 8.96. The highest BCUT2D eigenvalue weighted by Gasteiger charge is 2.48. The van der Waals surface area contributed by atoms with Gasteiger partial charge in [-0.25, -0.2) is 9.78 Å². The molecule has 226 valence electrons. The van der Waals surface area contributed by atoms with E-state index in [9.17, 15) is 9.59 Å². The van der Waals surface area contributed by atoms with E-state index in [1.807, 2.05) is 41.9 Å². The zero-order valence-electron chi connectivity index (χ0n) is 25.8. The van der Waals surface area contributed by atoms with Crippen molar-refractivity contribution in [1.29, 1.82) is 0 Å². The second-order valence-electron chi connectivity index (χ2n) is 13.7. The number of rotatable bonds is 8. The number of pyridine rings is 1. The van der Waals surface area contributed by atoms with Gasteiger partial charge in [-0.15, -0.1) is 10.2 Å². The second kappa shape index (κ2) is 10.5. The molecule has 6 rings (SSSR count). The number of anilines is 1. The van der Waals surface area contributed by atoms with E-state index >= 15 is 0 Å². The summed E-state index contributed by atoms with van der Waals surface area (Å²) in [6.07, 6.45) is 10.4. The summed E-state index contributed by atoms with van der Waals surface area (Å²) in [4.78, 5) is 31.2. The number of amides is 2. The standard InChI is InChI=1S/C33H41N7O3/c1-7-39-20-35-38-29(39)33(17-21(2)18-33)23-9-8-10-24(16-23)36-28(41)25-15-22(19-40-14-13-34-27(25)40)26(31(3,4)5)37-30(42)43-32(6)11-12-32/h8-10,13-16,19-21,26H,7,11-12,17-18H2,1-6H3,(H,36,41)(H,37,42). The third-order valence-electron chi connectivity index (χ3n) is 8.96. The van der Waals surface area contributed by atoms with Crippen molar-refractivity contribution in [3.05, 3.63) is 77.8 Å². The number of carbonyl (C=O) groups excluding carboxylic acids is 2. The fourth-order valence-electron chi connectivity index (χ4n) is 6.46.